The highest BCUT2D eigenvalue weighted by atomic mass is 19.3. The van der Waals surface area contributed by atoms with Crippen molar-refractivity contribution >= 4 is 5.96 Å². The smallest absolute Gasteiger partial charge is 0.387 e. The number of hydrogen-bond donors (Lipinski definition) is 2. The van der Waals surface area contributed by atoms with Gasteiger partial charge in [-0.3, -0.25) is 4.99 Å². The molecule has 0 aromatic heterocycles. The molecule has 0 saturated carbocycles. The molecule has 158 valence electrons. The van der Waals surface area contributed by atoms with Crippen molar-refractivity contribution in [2.75, 3.05) is 27.3 Å². The van der Waals surface area contributed by atoms with Crippen molar-refractivity contribution in [2.24, 2.45) is 4.99 Å². The predicted octanol–water partition coefficient (Wildman–Crippen LogP) is 3.60. The summed E-state index contributed by atoms with van der Waals surface area (Å²) in [5.41, 5.74) is 1.63. The summed E-state index contributed by atoms with van der Waals surface area (Å²) in [6.07, 6.45) is 0.746. The first kappa shape index (κ1) is 22.3. The molecule has 2 rings (SSSR count). The van der Waals surface area contributed by atoms with E-state index in [0.717, 1.165) is 17.7 Å². The minimum atomic E-state index is -2.90. The molecule has 0 aliphatic heterocycles. The van der Waals surface area contributed by atoms with Crippen molar-refractivity contribution in [3.8, 4) is 17.2 Å². The number of para-hydroxylation sites is 1. The van der Waals surface area contributed by atoms with E-state index in [1.54, 1.807) is 19.2 Å². The molecule has 0 fully saturated rings. The van der Waals surface area contributed by atoms with Gasteiger partial charge in [0.25, 0.3) is 0 Å². The van der Waals surface area contributed by atoms with Crippen molar-refractivity contribution in [3.05, 3.63) is 53.6 Å². The van der Waals surface area contributed by atoms with Crippen molar-refractivity contribution < 1.29 is 23.0 Å². The molecule has 29 heavy (non-hydrogen) atoms. The summed E-state index contributed by atoms with van der Waals surface area (Å²) < 4.78 is 40.7. The Hall–Kier alpha value is -3.03. The minimum absolute atomic E-state index is 0.0920. The van der Waals surface area contributed by atoms with E-state index >= 15 is 0 Å². The summed E-state index contributed by atoms with van der Waals surface area (Å²) in [5.74, 6) is 2.06. The van der Waals surface area contributed by atoms with Gasteiger partial charge >= 0.3 is 6.61 Å². The van der Waals surface area contributed by atoms with Crippen LogP contribution in [-0.4, -0.2) is 39.9 Å². The van der Waals surface area contributed by atoms with Crippen LogP contribution in [0.3, 0.4) is 0 Å². The third-order valence-corrected chi connectivity index (χ3v) is 4.11. The first-order valence-corrected chi connectivity index (χ1v) is 9.34. The second-order valence-corrected chi connectivity index (χ2v) is 6.00. The SMILES string of the molecule is CCOc1ccccc1CCNC(=NC)NCc1cc(OC)ccc1OC(F)F. The predicted molar refractivity (Wildman–Crippen MR) is 109 cm³/mol. The molecule has 0 amide bonds. The Kier molecular flexibility index (Phi) is 9.01. The number of nitrogens with one attached hydrogen (secondary N) is 2. The molecule has 0 heterocycles. The van der Waals surface area contributed by atoms with Crippen LogP contribution in [0.15, 0.2) is 47.5 Å². The van der Waals surface area contributed by atoms with Crippen LogP contribution >= 0.6 is 0 Å². The van der Waals surface area contributed by atoms with Crippen LogP contribution < -0.4 is 24.8 Å². The van der Waals surface area contributed by atoms with Gasteiger partial charge in [0.15, 0.2) is 5.96 Å². The van der Waals surface area contributed by atoms with E-state index in [2.05, 4.69) is 20.4 Å². The lowest BCUT2D eigenvalue weighted by atomic mass is 10.1. The number of methoxy groups -OCH3 is 1. The lowest BCUT2D eigenvalue weighted by molar-refractivity contribution is -0.0504. The fraction of sp³-hybridized carbons (Fsp3) is 0.381. The van der Waals surface area contributed by atoms with Gasteiger partial charge in [-0.15, -0.1) is 0 Å². The van der Waals surface area contributed by atoms with Gasteiger partial charge in [0.2, 0.25) is 0 Å². The summed E-state index contributed by atoms with van der Waals surface area (Å²) in [5, 5.41) is 6.31. The van der Waals surface area contributed by atoms with Crippen LogP contribution in [0.1, 0.15) is 18.1 Å². The Balaban J connectivity index is 1.94. The number of benzene rings is 2. The number of rotatable bonds is 10. The topological polar surface area (TPSA) is 64.1 Å². The van der Waals surface area contributed by atoms with Crippen molar-refractivity contribution in [1.29, 1.82) is 0 Å². The highest BCUT2D eigenvalue weighted by molar-refractivity contribution is 5.79. The molecule has 8 heteroatoms. The molecule has 6 nitrogen and oxygen atoms in total. The molecular weight excluding hydrogens is 380 g/mol. The number of guanidine groups is 1. The number of hydrogen-bond acceptors (Lipinski definition) is 4. The van der Waals surface area contributed by atoms with Gasteiger partial charge in [-0.05, 0) is 43.2 Å². The highest BCUT2D eigenvalue weighted by Gasteiger charge is 2.12. The number of nitrogens with zero attached hydrogens (tertiary/aromatic N) is 1. The highest BCUT2D eigenvalue weighted by Crippen LogP contribution is 2.25. The number of halogens is 2. The van der Waals surface area contributed by atoms with Crippen LogP contribution in [0.25, 0.3) is 0 Å². The van der Waals surface area contributed by atoms with Gasteiger partial charge in [0.1, 0.15) is 17.2 Å². The minimum Gasteiger partial charge on any atom is -0.497 e. The standard InChI is InChI=1S/C21H27F2N3O3/c1-4-28-18-8-6-5-7-15(18)11-12-25-21(24-2)26-14-16-13-17(27-3)9-10-19(16)29-20(22)23/h5-10,13,20H,4,11-12,14H2,1-3H3,(H2,24,25,26). The molecule has 0 radical (unpaired) electrons. The molecule has 0 spiro atoms. The first-order valence-electron chi connectivity index (χ1n) is 9.34. The zero-order chi connectivity index (χ0) is 21.1. The van der Waals surface area contributed by atoms with Crippen LogP contribution in [0.4, 0.5) is 8.78 Å². The van der Waals surface area contributed by atoms with E-state index in [1.807, 2.05) is 31.2 Å². The average molecular weight is 407 g/mol. The van der Waals surface area contributed by atoms with E-state index < -0.39 is 6.61 Å². The molecule has 0 saturated heterocycles. The van der Waals surface area contributed by atoms with E-state index in [4.69, 9.17) is 9.47 Å². The van der Waals surface area contributed by atoms with Crippen LogP contribution in [0.2, 0.25) is 0 Å². The third kappa shape index (κ3) is 7.14. The first-order chi connectivity index (χ1) is 14.1. The van der Waals surface area contributed by atoms with E-state index in [1.165, 1.54) is 13.2 Å². The lowest BCUT2D eigenvalue weighted by Gasteiger charge is -2.16. The van der Waals surface area contributed by atoms with E-state index in [9.17, 15) is 8.78 Å². The van der Waals surface area contributed by atoms with E-state index in [-0.39, 0.29) is 12.3 Å². The lowest BCUT2D eigenvalue weighted by Crippen LogP contribution is -2.38. The summed E-state index contributed by atoms with van der Waals surface area (Å²) in [6.45, 7) is 0.532. The number of ether oxygens (including phenoxy) is 3. The second-order valence-electron chi connectivity index (χ2n) is 6.00. The molecule has 2 N–H and O–H groups in total. The third-order valence-electron chi connectivity index (χ3n) is 4.11. The molecule has 2 aromatic carbocycles. The monoisotopic (exact) mass is 407 g/mol. The normalized spacial score (nSPS) is 11.3. The van der Waals surface area contributed by atoms with Gasteiger partial charge in [0.05, 0.1) is 13.7 Å². The zero-order valence-corrected chi connectivity index (χ0v) is 16.9. The summed E-state index contributed by atoms with van der Waals surface area (Å²) >= 11 is 0. The molecule has 0 bridgehead atoms. The Morgan fingerprint density at radius 1 is 1.07 bits per heavy atom. The van der Waals surface area contributed by atoms with Gasteiger partial charge < -0.3 is 24.8 Å². The van der Waals surface area contributed by atoms with E-state index in [0.29, 0.717) is 30.4 Å². The van der Waals surface area contributed by atoms with Gasteiger partial charge in [-0.2, -0.15) is 8.78 Å². The molecule has 0 aliphatic rings. The maximum absolute atomic E-state index is 12.6. The summed E-state index contributed by atoms with van der Waals surface area (Å²) in [7, 11) is 3.16. The fourth-order valence-corrected chi connectivity index (χ4v) is 2.75. The Labute approximate surface area is 169 Å². The molecule has 0 atom stereocenters. The maximum Gasteiger partial charge on any atom is 0.387 e. The summed E-state index contributed by atoms with van der Waals surface area (Å²) in [6, 6.07) is 12.6. The molecule has 0 aliphatic carbocycles. The van der Waals surface area contributed by atoms with Gasteiger partial charge in [-0.1, -0.05) is 18.2 Å². The summed E-state index contributed by atoms with van der Waals surface area (Å²) in [4.78, 5) is 4.17. The Morgan fingerprint density at radius 2 is 1.86 bits per heavy atom. The largest absolute Gasteiger partial charge is 0.497 e. The average Bonchev–Trinajstić information content (AvgIpc) is 2.72. The zero-order valence-electron chi connectivity index (χ0n) is 16.9. The van der Waals surface area contributed by atoms with Gasteiger partial charge in [-0.25, -0.2) is 0 Å². The molecule has 0 unspecified atom stereocenters. The van der Waals surface area contributed by atoms with Crippen molar-refractivity contribution in [2.45, 2.75) is 26.5 Å². The van der Waals surface area contributed by atoms with Crippen LogP contribution in [-0.2, 0) is 13.0 Å². The number of aliphatic imine (C=N–C) groups is 1. The maximum atomic E-state index is 12.6. The molecule has 2 aromatic rings. The Bertz CT molecular complexity index is 800. The van der Waals surface area contributed by atoms with Crippen LogP contribution in [0, 0.1) is 0 Å². The van der Waals surface area contributed by atoms with Crippen LogP contribution in [0.5, 0.6) is 17.2 Å². The molecular formula is C21H27F2N3O3. The second kappa shape index (κ2) is 11.7. The van der Waals surface area contributed by atoms with Crippen molar-refractivity contribution in [3.63, 3.8) is 0 Å². The van der Waals surface area contributed by atoms with Crippen molar-refractivity contribution in [1.82, 2.24) is 10.6 Å². The number of alkyl halides is 2. The quantitative estimate of drug-likeness (QED) is 0.465. The fourth-order valence-electron chi connectivity index (χ4n) is 2.75. The Morgan fingerprint density at radius 3 is 2.55 bits per heavy atom. The van der Waals surface area contributed by atoms with Gasteiger partial charge in [0, 0.05) is 25.7 Å².